The minimum absolute atomic E-state index is 0.208. The van der Waals surface area contributed by atoms with E-state index < -0.39 is 0 Å². The van der Waals surface area contributed by atoms with Gasteiger partial charge in [0, 0.05) is 42.9 Å². The topological polar surface area (TPSA) is 35.6 Å². The third kappa shape index (κ3) is 4.67. The second-order valence-electron chi connectivity index (χ2n) is 8.22. The first-order valence-electron chi connectivity index (χ1n) is 10.7. The molecule has 5 heteroatoms. The van der Waals surface area contributed by atoms with E-state index in [1.165, 1.54) is 5.69 Å². The molecule has 0 spiro atoms. The summed E-state index contributed by atoms with van der Waals surface area (Å²) in [5.41, 5.74) is 2.17. The number of halogens is 1. The molecule has 2 fully saturated rings. The minimum atomic E-state index is -0.304. The molecule has 4 rings (SSSR count). The molecule has 1 saturated heterocycles. The normalized spacial score (nSPS) is 18.9. The highest BCUT2D eigenvalue weighted by Crippen LogP contribution is 2.44. The van der Waals surface area contributed by atoms with Gasteiger partial charge in [-0.2, -0.15) is 0 Å². The Morgan fingerprint density at radius 3 is 2.28 bits per heavy atom. The summed E-state index contributed by atoms with van der Waals surface area (Å²) in [5.74, 6) is 0.208. The maximum Gasteiger partial charge on any atom is 0.230 e. The average molecular weight is 456 g/mol. The predicted molar refractivity (Wildman–Crippen MR) is 122 cm³/mol. The fourth-order valence-electron chi connectivity index (χ4n) is 4.49. The highest BCUT2D eigenvalue weighted by atomic mass is 79.9. The smallest absolute Gasteiger partial charge is 0.230 e. The summed E-state index contributed by atoms with van der Waals surface area (Å²) in [6.07, 6.45) is 4.06. The highest BCUT2D eigenvalue weighted by Gasteiger charge is 2.45. The summed E-state index contributed by atoms with van der Waals surface area (Å²) < 4.78 is 1.06. The molecule has 1 aliphatic heterocycles. The van der Waals surface area contributed by atoms with Crippen LogP contribution in [0.25, 0.3) is 0 Å². The van der Waals surface area contributed by atoms with Crippen LogP contribution in [-0.2, 0) is 10.2 Å². The first kappa shape index (κ1) is 20.4. The number of nitrogens with one attached hydrogen (secondary N) is 1. The van der Waals surface area contributed by atoms with Gasteiger partial charge in [0.05, 0.1) is 5.41 Å². The Hall–Kier alpha value is -1.85. The Balaban J connectivity index is 1.20. The van der Waals surface area contributed by atoms with E-state index in [1.807, 2.05) is 12.1 Å². The largest absolute Gasteiger partial charge is 0.369 e. The molecule has 1 amide bonds. The lowest BCUT2D eigenvalue weighted by Gasteiger charge is -2.41. The van der Waals surface area contributed by atoms with Crippen molar-refractivity contribution in [3.05, 3.63) is 64.6 Å². The van der Waals surface area contributed by atoms with Gasteiger partial charge in [-0.25, -0.2) is 0 Å². The summed E-state index contributed by atoms with van der Waals surface area (Å²) in [7, 11) is 0. The van der Waals surface area contributed by atoms with Crippen LogP contribution in [0.2, 0.25) is 0 Å². The van der Waals surface area contributed by atoms with E-state index in [2.05, 4.69) is 73.5 Å². The highest BCUT2D eigenvalue weighted by molar-refractivity contribution is 9.10. The lowest BCUT2D eigenvalue weighted by atomic mass is 9.64. The van der Waals surface area contributed by atoms with Crippen molar-refractivity contribution in [2.75, 3.05) is 44.2 Å². The summed E-state index contributed by atoms with van der Waals surface area (Å²) in [6, 6.07) is 18.9. The maximum absolute atomic E-state index is 12.9. The van der Waals surface area contributed by atoms with Gasteiger partial charge in [0.25, 0.3) is 0 Å². The Labute approximate surface area is 182 Å². The number of hydrogen-bond donors (Lipinski definition) is 1. The fourth-order valence-corrected chi connectivity index (χ4v) is 4.75. The molecule has 2 aromatic carbocycles. The maximum atomic E-state index is 12.9. The van der Waals surface area contributed by atoms with E-state index in [0.717, 1.165) is 75.0 Å². The van der Waals surface area contributed by atoms with Crippen molar-refractivity contribution >= 4 is 27.5 Å². The average Bonchev–Trinajstić information content (AvgIpc) is 2.73. The van der Waals surface area contributed by atoms with Crippen molar-refractivity contribution in [1.29, 1.82) is 0 Å². The van der Waals surface area contributed by atoms with Crippen molar-refractivity contribution in [1.82, 2.24) is 10.2 Å². The number of anilines is 1. The molecule has 1 heterocycles. The van der Waals surface area contributed by atoms with Crippen molar-refractivity contribution in [3.8, 4) is 0 Å². The molecule has 1 N–H and O–H groups in total. The first-order chi connectivity index (χ1) is 14.2. The minimum Gasteiger partial charge on any atom is -0.369 e. The zero-order valence-corrected chi connectivity index (χ0v) is 18.5. The zero-order valence-electron chi connectivity index (χ0n) is 16.9. The van der Waals surface area contributed by atoms with E-state index in [1.54, 1.807) is 0 Å². The van der Waals surface area contributed by atoms with Gasteiger partial charge in [-0.15, -0.1) is 0 Å². The number of hydrogen-bond acceptors (Lipinski definition) is 3. The van der Waals surface area contributed by atoms with E-state index >= 15 is 0 Å². The van der Waals surface area contributed by atoms with E-state index in [4.69, 9.17) is 0 Å². The second-order valence-corrected chi connectivity index (χ2v) is 9.13. The molecule has 0 atom stereocenters. The lowest BCUT2D eigenvalue weighted by Crippen LogP contribution is -2.50. The van der Waals surface area contributed by atoms with Gasteiger partial charge in [-0.05, 0) is 55.6 Å². The van der Waals surface area contributed by atoms with Gasteiger partial charge in [0.2, 0.25) is 5.91 Å². The third-order valence-corrected chi connectivity index (χ3v) is 7.00. The number of rotatable bonds is 7. The second kappa shape index (κ2) is 9.31. The van der Waals surface area contributed by atoms with E-state index in [0.29, 0.717) is 0 Å². The van der Waals surface area contributed by atoms with E-state index in [9.17, 15) is 4.79 Å². The Kier molecular flexibility index (Phi) is 6.56. The van der Waals surface area contributed by atoms with Gasteiger partial charge < -0.3 is 10.2 Å². The monoisotopic (exact) mass is 455 g/mol. The van der Waals surface area contributed by atoms with Crippen molar-refractivity contribution < 1.29 is 4.79 Å². The van der Waals surface area contributed by atoms with Gasteiger partial charge in [0.15, 0.2) is 0 Å². The molecule has 0 radical (unpaired) electrons. The van der Waals surface area contributed by atoms with Crippen LogP contribution in [0.5, 0.6) is 0 Å². The molecule has 2 aliphatic rings. The summed E-state index contributed by atoms with van der Waals surface area (Å²) >= 11 is 3.49. The number of amides is 1. The molecule has 0 bridgehead atoms. The quantitative estimate of drug-likeness (QED) is 0.635. The summed E-state index contributed by atoms with van der Waals surface area (Å²) in [5, 5.41) is 3.23. The predicted octanol–water partition coefficient (Wildman–Crippen LogP) is 4.20. The standard InChI is InChI=1S/C24H30BrN3O/c25-21-10-8-20(9-11-21)24(12-4-13-24)23(29)26-14-5-15-27-16-18-28(19-17-27)22-6-2-1-3-7-22/h1-3,6-11H,4-5,12-19H2,(H,26,29). The first-order valence-corrected chi connectivity index (χ1v) is 11.5. The molecule has 1 saturated carbocycles. The fraction of sp³-hybridized carbons (Fsp3) is 0.458. The number of piperazine rings is 1. The van der Waals surface area contributed by atoms with Gasteiger partial charge in [-0.3, -0.25) is 9.69 Å². The third-order valence-electron chi connectivity index (χ3n) is 6.47. The molecule has 1 aliphatic carbocycles. The lowest BCUT2D eigenvalue weighted by molar-refractivity contribution is -0.129. The molecular formula is C24H30BrN3O. The number of carbonyl (C=O) groups is 1. The number of para-hydroxylation sites is 1. The number of benzene rings is 2. The Bertz CT molecular complexity index is 797. The molecule has 0 aromatic heterocycles. The molecule has 2 aromatic rings. The van der Waals surface area contributed by atoms with Crippen LogP contribution >= 0.6 is 15.9 Å². The number of nitrogens with zero attached hydrogens (tertiary/aromatic N) is 2. The number of carbonyl (C=O) groups excluding carboxylic acids is 1. The molecule has 4 nitrogen and oxygen atoms in total. The van der Waals surface area contributed by atoms with Gasteiger partial charge in [0.1, 0.15) is 0 Å². The SMILES string of the molecule is O=C(NCCCN1CCN(c2ccccc2)CC1)C1(c2ccc(Br)cc2)CCC1. The van der Waals surface area contributed by atoms with Crippen molar-refractivity contribution in [3.63, 3.8) is 0 Å². The van der Waals surface area contributed by atoms with E-state index in [-0.39, 0.29) is 11.3 Å². The molecule has 154 valence electrons. The van der Waals surface area contributed by atoms with Gasteiger partial charge >= 0.3 is 0 Å². The van der Waals surface area contributed by atoms with Crippen LogP contribution in [-0.4, -0.2) is 50.1 Å². The van der Waals surface area contributed by atoms with Crippen LogP contribution in [0.1, 0.15) is 31.2 Å². The Morgan fingerprint density at radius 1 is 0.966 bits per heavy atom. The van der Waals surface area contributed by atoms with Crippen LogP contribution in [0.3, 0.4) is 0 Å². The van der Waals surface area contributed by atoms with Crippen LogP contribution in [0.15, 0.2) is 59.1 Å². The summed E-state index contributed by atoms with van der Waals surface area (Å²) in [6.45, 7) is 6.13. The summed E-state index contributed by atoms with van der Waals surface area (Å²) in [4.78, 5) is 17.9. The zero-order chi connectivity index (χ0) is 20.1. The van der Waals surface area contributed by atoms with Crippen LogP contribution in [0.4, 0.5) is 5.69 Å². The molecule has 29 heavy (non-hydrogen) atoms. The molecular weight excluding hydrogens is 426 g/mol. The van der Waals surface area contributed by atoms with Crippen molar-refractivity contribution in [2.24, 2.45) is 0 Å². The van der Waals surface area contributed by atoms with Crippen molar-refractivity contribution in [2.45, 2.75) is 31.1 Å². The van der Waals surface area contributed by atoms with Crippen LogP contribution < -0.4 is 10.2 Å². The van der Waals surface area contributed by atoms with Gasteiger partial charge in [-0.1, -0.05) is 52.7 Å². The molecule has 0 unspecified atom stereocenters. The Morgan fingerprint density at radius 2 is 1.66 bits per heavy atom. The van der Waals surface area contributed by atoms with Crippen LogP contribution in [0, 0.1) is 0 Å².